The van der Waals surface area contributed by atoms with Gasteiger partial charge in [-0.05, 0) is 11.1 Å². The summed E-state index contributed by atoms with van der Waals surface area (Å²) in [6, 6.07) is 8.12. The molecule has 2 rings (SSSR count). The zero-order valence-corrected chi connectivity index (χ0v) is 11.4. The highest BCUT2D eigenvalue weighted by Gasteiger charge is 2.06. The minimum atomic E-state index is -0.0722. The van der Waals surface area contributed by atoms with Gasteiger partial charge in [0.15, 0.2) is 0 Å². The van der Waals surface area contributed by atoms with E-state index in [-0.39, 0.29) is 5.91 Å². The molecule has 2 aromatic rings. The van der Waals surface area contributed by atoms with Gasteiger partial charge >= 0.3 is 0 Å². The van der Waals surface area contributed by atoms with E-state index >= 15 is 0 Å². The molecule has 0 aliphatic carbocycles. The number of carbonyl (C=O) groups is 1. The summed E-state index contributed by atoms with van der Waals surface area (Å²) < 4.78 is 0. The lowest BCUT2D eigenvalue weighted by atomic mass is 10.1. The Morgan fingerprint density at radius 1 is 1.29 bits per heavy atom. The molecule has 0 atom stereocenters. The van der Waals surface area contributed by atoms with E-state index in [2.05, 4.69) is 26.2 Å². The first-order valence-corrected chi connectivity index (χ1v) is 7.10. The fraction of sp³-hybridized carbons (Fsp3) is 0.167. The topological polar surface area (TPSA) is 42.0 Å². The largest absolute Gasteiger partial charge is 0.347 e. The second-order valence-electron chi connectivity index (χ2n) is 3.50. The van der Waals surface area contributed by atoms with Gasteiger partial charge < -0.3 is 5.32 Å². The summed E-state index contributed by atoms with van der Waals surface area (Å²) in [7, 11) is 0. The van der Waals surface area contributed by atoms with Crippen molar-refractivity contribution in [1.29, 1.82) is 0 Å². The van der Waals surface area contributed by atoms with E-state index in [1.54, 1.807) is 11.7 Å². The van der Waals surface area contributed by atoms with Gasteiger partial charge in [0.05, 0.1) is 11.7 Å². The maximum absolute atomic E-state index is 11.7. The molecule has 0 spiro atoms. The molecule has 0 aliphatic heterocycles. The van der Waals surface area contributed by atoms with Crippen molar-refractivity contribution < 1.29 is 4.79 Å². The Kier molecular flexibility index (Phi) is 4.28. The first-order valence-electron chi connectivity index (χ1n) is 5.10. The molecular formula is C12H11BrN2OS. The highest BCUT2D eigenvalue weighted by atomic mass is 79.9. The van der Waals surface area contributed by atoms with Gasteiger partial charge in [0.1, 0.15) is 4.88 Å². The Morgan fingerprint density at radius 3 is 2.59 bits per heavy atom. The van der Waals surface area contributed by atoms with E-state index in [0.717, 1.165) is 10.9 Å². The predicted octanol–water partition coefficient (Wildman–Crippen LogP) is 2.97. The molecule has 1 N–H and O–H groups in total. The normalized spacial score (nSPS) is 10.2. The number of amides is 1. The number of benzene rings is 1. The van der Waals surface area contributed by atoms with Crippen LogP contribution in [-0.2, 0) is 11.9 Å². The molecule has 5 heteroatoms. The molecule has 0 unspecified atom stereocenters. The summed E-state index contributed by atoms with van der Waals surface area (Å²) >= 11 is 4.74. The minimum absolute atomic E-state index is 0.0722. The Bertz CT molecular complexity index is 482. The maximum Gasteiger partial charge on any atom is 0.263 e. The standard InChI is InChI=1S/C12H11BrN2OS/c13-5-9-1-3-10(4-2-9)6-15-12(16)11-7-14-8-17-11/h1-4,7-8H,5-6H2,(H,15,16). The third kappa shape index (κ3) is 3.38. The fourth-order valence-corrected chi connectivity index (χ4v) is 2.25. The summed E-state index contributed by atoms with van der Waals surface area (Å²) in [5.74, 6) is -0.0722. The summed E-state index contributed by atoms with van der Waals surface area (Å²) in [6.07, 6.45) is 1.58. The average Bonchev–Trinajstić information content (AvgIpc) is 2.90. The quantitative estimate of drug-likeness (QED) is 0.882. The van der Waals surface area contributed by atoms with Crippen LogP contribution < -0.4 is 5.32 Å². The fourth-order valence-electron chi connectivity index (χ4n) is 1.34. The van der Waals surface area contributed by atoms with Crippen molar-refractivity contribution in [1.82, 2.24) is 10.3 Å². The zero-order chi connectivity index (χ0) is 12.1. The van der Waals surface area contributed by atoms with Gasteiger partial charge in [0, 0.05) is 11.9 Å². The Balaban J connectivity index is 1.91. The zero-order valence-electron chi connectivity index (χ0n) is 9.02. The van der Waals surface area contributed by atoms with Gasteiger partial charge in [-0.3, -0.25) is 9.78 Å². The molecule has 17 heavy (non-hydrogen) atoms. The first-order chi connectivity index (χ1) is 8.29. The summed E-state index contributed by atoms with van der Waals surface area (Å²) in [5.41, 5.74) is 3.97. The van der Waals surface area contributed by atoms with Crippen LogP contribution in [0.3, 0.4) is 0 Å². The SMILES string of the molecule is O=C(NCc1ccc(CBr)cc1)c1cncs1. The summed E-state index contributed by atoms with van der Waals surface area (Å²) in [6.45, 7) is 0.541. The van der Waals surface area contributed by atoms with Crippen molar-refractivity contribution in [2.24, 2.45) is 0 Å². The van der Waals surface area contributed by atoms with Crippen molar-refractivity contribution in [2.45, 2.75) is 11.9 Å². The van der Waals surface area contributed by atoms with Crippen LogP contribution in [0.4, 0.5) is 0 Å². The monoisotopic (exact) mass is 310 g/mol. The van der Waals surface area contributed by atoms with Gasteiger partial charge in [-0.1, -0.05) is 40.2 Å². The molecule has 0 saturated carbocycles. The lowest BCUT2D eigenvalue weighted by molar-refractivity contribution is 0.0955. The second kappa shape index (κ2) is 5.93. The summed E-state index contributed by atoms with van der Waals surface area (Å²) in [5, 5.41) is 3.71. The van der Waals surface area contributed by atoms with Crippen LogP contribution in [0.2, 0.25) is 0 Å². The van der Waals surface area contributed by atoms with Crippen LogP contribution in [0.25, 0.3) is 0 Å². The Hall–Kier alpha value is -1.20. The molecule has 3 nitrogen and oxygen atoms in total. The molecule has 0 fully saturated rings. The number of hydrogen-bond donors (Lipinski definition) is 1. The molecule has 1 heterocycles. The lowest BCUT2D eigenvalue weighted by Crippen LogP contribution is -2.21. The first kappa shape index (κ1) is 12.3. The molecule has 1 aromatic heterocycles. The van der Waals surface area contributed by atoms with E-state index in [4.69, 9.17) is 0 Å². The molecule has 88 valence electrons. The Morgan fingerprint density at radius 2 is 2.00 bits per heavy atom. The average molecular weight is 311 g/mol. The van der Waals surface area contributed by atoms with Crippen LogP contribution in [-0.4, -0.2) is 10.9 Å². The number of alkyl halides is 1. The lowest BCUT2D eigenvalue weighted by Gasteiger charge is -2.04. The third-order valence-corrected chi connectivity index (χ3v) is 3.71. The number of carbonyl (C=O) groups excluding carboxylic acids is 1. The van der Waals surface area contributed by atoms with E-state index in [9.17, 15) is 4.79 Å². The van der Waals surface area contributed by atoms with Crippen LogP contribution in [0, 0.1) is 0 Å². The molecular weight excluding hydrogens is 300 g/mol. The number of rotatable bonds is 4. The Labute approximate surface area is 112 Å². The molecule has 1 aromatic carbocycles. The van der Waals surface area contributed by atoms with Crippen molar-refractivity contribution in [2.75, 3.05) is 0 Å². The minimum Gasteiger partial charge on any atom is -0.347 e. The maximum atomic E-state index is 11.7. The highest BCUT2D eigenvalue weighted by Crippen LogP contribution is 2.09. The van der Waals surface area contributed by atoms with Gasteiger partial charge in [-0.15, -0.1) is 11.3 Å². The van der Waals surface area contributed by atoms with Crippen LogP contribution in [0.1, 0.15) is 20.8 Å². The number of nitrogens with zero attached hydrogens (tertiary/aromatic N) is 1. The smallest absolute Gasteiger partial charge is 0.263 e. The van der Waals surface area contributed by atoms with Crippen molar-refractivity contribution in [3.8, 4) is 0 Å². The van der Waals surface area contributed by atoms with Crippen molar-refractivity contribution in [3.63, 3.8) is 0 Å². The van der Waals surface area contributed by atoms with E-state index in [1.165, 1.54) is 16.9 Å². The molecule has 1 amide bonds. The number of thiazole rings is 1. The molecule has 0 saturated heterocycles. The van der Waals surface area contributed by atoms with Gasteiger partial charge in [-0.25, -0.2) is 0 Å². The van der Waals surface area contributed by atoms with E-state index in [0.29, 0.717) is 11.4 Å². The molecule has 0 bridgehead atoms. The van der Waals surface area contributed by atoms with Crippen molar-refractivity contribution >= 4 is 33.2 Å². The van der Waals surface area contributed by atoms with Crippen LogP contribution >= 0.6 is 27.3 Å². The number of aromatic nitrogens is 1. The number of hydrogen-bond acceptors (Lipinski definition) is 3. The second-order valence-corrected chi connectivity index (χ2v) is 4.95. The van der Waals surface area contributed by atoms with Gasteiger partial charge in [0.2, 0.25) is 0 Å². The van der Waals surface area contributed by atoms with E-state index in [1.807, 2.05) is 24.3 Å². The highest BCUT2D eigenvalue weighted by molar-refractivity contribution is 9.08. The molecule has 0 aliphatic rings. The van der Waals surface area contributed by atoms with E-state index < -0.39 is 0 Å². The van der Waals surface area contributed by atoms with Gasteiger partial charge in [-0.2, -0.15) is 0 Å². The molecule has 0 radical (unpaired) electrons. The number of halogens is 1. The van der Waals surface area contributed by atoms with Crippen LogP contribution in [0.5, 0.6) is 0 Å². The predicted molar refractivity (Wildman–Crippen MR) is 72.4 cm³/mol. The number of nitrogens with one attached hydrogen (secondary N) is 1. The van der Waals surface area contributed by atoms with Gasteiger partial charge in [0.25, 0.3) is 5.91 Å². The third-order valence-electron chi connectivity index (χ3n) is 2.29. The van der Waals surface area contributed by atoms with Crippen LogP contribution in [0.15, 0.2) is 36.0 Å². The van der Waals surface area contributed by atoms with Crippen molar-refractivity contribution in [3.05, 3.63) is 52.0 Å². The summed E-state index contributed by atoms with van der Waals surface area (Å²) in [4.78, 5) is 16.2.